The number of nitrogen functional groups attached to an aromatic ring is 1. The van der Waals surface area contributed by atoms with Crippen molar-refractivity contribution in [3.63, 3.8) is 0 Å². The van der Waals surface area contributed by atoms with E-state index in [1.807, 2.05) is 83.8 Å². The number of nitrogens with one attached hydrogen (secondary N) is 1. The third kappa shape index (κ3) is 13.7. The largest absolute Gasteiger partial charge is 0.449 e. The van der Waals surface area contributed by atoms with Crippen LogP contribution in [0.4, 0.5) is 36.3 Å². The average Bonchev–Trinajstić information content (AvgIpc) is 3.24. The number of Topliss-reactive ketones (excluding diaryl/α,β-unsaturated/α-hetero) is 2. The van der Waals surface area contributed by atoms with Crippen LogP contribution in [0.2, 0.25) is 0 Å². The van der Waals surface area contributed by atoms with E-state index >= 15 is 0 Å². The van der Waals surface area contributed by atoms with Crippen LogP contribution in [-0.4, -0.2) is 74.3 Å². The summed E-state index contributed by atoms with van der Waals surface area (Å²) >= 11 is 4.97. The van der Waals surface area contributed by atoms with Crippen molar-refractivity contribution in [1.82, 2.24) is 4.90 Å². The summed E-state index contributed by atoms with van der Waals surface area (Å²) in [5.41, 5.74) is 9.30. The normalized spacial score (nSPS) is 13.9. The lowest BCUT2D eigenvalue weighted by Crippen LogP contribution is -2.48. The molecule has 9 nitrogen and oxygen atoms in total. The van der Waals surface area contributed by atoms with Crippen molar-refractivity contribution >= 4 is 51.3 Å². The minimum absolute atomic E-state index is 0.0451. The molecule has 298 valence electrons. The summed E-state index contributed by atoms with van der Waals surface area (Å²) in [6.07, 6.45) is 3.57. The lowest BCUT2D eigenvalue weighted by Gasteiger charge is -2.36. The van der Waals surface area contributed by atoms with Crippen LogP contribution in [0.1, 0.15) is 45.5 Å². The molecule has 2 fully saturated rings. The van der Waals surface area contributed by atoms with E-state index in [1.54, 1.807) is 36.4 Å². The highest BCUT2D eigenvalue weighted by molar-refractivity contribution is 6.61. The van der Waals surface area contributed by atoms with E-state index in [0.717, 1.165) is 37.1 Å². The summed E-state index contributed by atoms with van der Waals surface area (Å²) in [5, 5.41) is 3.00. The second-order valence-corrected chi connectivity index (χ2v) is 13.9. The third-order valence-electron chi connectivity index (χ3n) is 9.54. The number of ketones is 2. The van der Waals surface area contributed by atoms with Gasteiger partial charge in [-0.3, -0.25) is 14.5 Å². The molecule has 0 unspecified atom stereocenters. The minimum atomic E-state index is -0.770. The molecule has 2 aliphatic heterocycles. The summed E-state index contributed by atoms with van der Waals surface area (Å²) in [5.74, 6) is -0.468. The van der Waals surface area contributed by atoms with Gasteiger partial charge >= 0.3 is 5.43 Å². The smallest absolute Gasteiger partial charge is 0.404 e. The number of piperazine rings is 1. The van der Waals surface area contributed by atoms with Crippen LogP contribution in [0.3, 0.4) is 0 Å². The molecule has 2 saturated heterocycles. The Balaban J connectivity index is 0.000000202. The van der Waals surface area contributed by atoms with Gasteiger partial charge in [0, 0.05) is 73.4 Å². The number of nitrogens with zero attached hydrogens (tertiary/aromatic N) is 3. The molecule has 2 heterocycles. The van der Waals surface area contributed by atoms with E-state index in [9.17, 15) is 23.2 Å². The number of rotatable bonds is 11. The highest BCUT2D eigenvalue weighted by Gasteiger charge is 2.22. The van der Waals surface area contributed by atoms with Crippen LogP contribution in [0.15, 0.2) is 127 Å². The van der Waals surface area contributed by atoms with E-state index in [1.165, 1.54) is 18.6 Å². The van der Waals surface area contributed by atoms with Gasteiger partial charge < -0.3 is 25.6 Å². The fourth-order valence-electron chi connectivity index (χ4n) is 6.48. The number of hydrogen-bond donors (Lipinski definition) is 2. The van der Waals surface area contributed by atoms with Gasteiger partial charge in [0.15, 0.2) is 11.6 Å². The van der Waals surface area contributed by atoms with Crippen molar-refractivity contribution in [3.8, 4) is 0 Å². The molecule has 0 amide bonds. The summed E-state index contributed by atoms with van der Waals surface area (Å²) in [7, 11) is 0. The zero-order chi connectivity index (χ0) is 40.4. The molecule has 0 aliphatic carbocycles. The van der Waals surface area contributed by atoms with E-state index in [2.05, 4.69) is 19.9 Å². The average molecular weight is 796 g/mol. The van der Waals surface area contributed by atoms with Crippen LogP contribution in [0.25, 0.3) is 0 Å². The first-order valence-electron chi connectivity index (χ1n) is 19.0. The van der Waals surface area contributed by atoms with Gasteiger partial charge in [-0.2, -0.15) is 0 Å². The standard InChI is InChI=1S/C26H26FN3O2.C11H15FN2.C8H7ClO2/c27-23-17-22(28-18-25(31)20-7-3-1-4-8-20)11-12-24(23)30-15-13-29(14-16-30)19-26(32)21-9-5-2-6-10-21;12-10-8-9(13)4-5-11(10)14-6-2-1-3-7-14;9-8(10)11-6-7-4-2-1-3-5-7/h1-12,17,28H,13-16,18-19H2;4-5,8H,1-3,6-7,13H2;1-5H,6H2. The Morgan fingerprint density at radius 1 is 0.632 bits per heavy atom. The number of carbonyl (C=O) groups excluding carboxylic acids is 3. The van der Waals surface area contributed by atoms with E-state index in [0.29, 0.717) is 61.0 Å². The first-order chi connectivity index (χ1) is 27.7. The van der Waals surface area contributed by atoms with Gasteiger partial charge in [-0.15, -0.1) is 0 Å². The maximum atomic E-state index is 14.8. The lowest BCUT2D eigenvalue weighted by molar-refractivity contribution is 0.0925. The van der Waals surface area contributed by atoms with Gasteiger partial charge in [0.05, 0.1) is 24.5 Å². The molecule has 0 atom stereocenters. The predicted octanol–water partition coefficient (Wildman–Crippen LogP) is 9.09. The molecule has 7 rings (SSSR count). The van der Waals surface area contributed by atoms with Crippen molar-refractivity contribution in [3.05, 3.63) is 156 Å². The first-order valence-corrected chi connectivity index (χ1v) is 19.4. The first kappa shape index (κ1) is 42.4. The van der Waals surface area contributed by atoms with Crippen LogP contribution in [0.5, 0.6) is 0 Å². The molecule has 0 saturated carbocycles. The Bertz CT molecular complexity index is 2030. The van der Waals surface area contributed by atoms with Crippen molar-refractivity contribution < 1.29 is 27.9 Å². The second-order valence-electron chi connectivity index (χ2n) is 13.6. The van der Waals surface area contributed by atoms with Crippen LogP contribution >= 0.6 is 11.6 Å². The Hall–Kier alpha value is -5.78. The molecule has 12 heteroatoms. The van der Waals surface area contributed by atoms with Crippen molar-refractivity contribution in [2.24, 2.45) is 0 Å². The maximum Gasteiger partial charge on any atom is 0.404 e. The van der Waals surface area contributed by atoms with Gasteiger partial charge in [0.25, 0.3) is 0 Å². The summed E-state index contributed by atoms with van der Waals surface area (Å²) in [4.78, 5) is 41.0. The maximum absolute atomic E-state index is 14.8. The van der Waals surface area contributed by atoms with Gasteiger partial charge in [-0.1, -0.05) is 91.0 Å². The highest BCUT2D eigenvalue weighted by Crippen LogP contribution is 2.26. The number of benzene rings is 5. The van der Waals surface area contributed by atoms with Crippen LogP contribution in [0, 0.1) is 11.6 Å². The fraction of sp³-hybridized carbons (Fsp3) is 0.267. The monoisotopic (exact) mass is 795 g/mol. The van der Waals surface area contributed by atoms with Gasteiger partial charge in [0.1, 0.15) is 18.2 Å². The predicted molar refractivity (Wildman–Crippen MR) is 224 cm³/mol. The zero-order valence-corrected chi connectivity index (χ0v) is 32.6. The topological polar surface area (TPSA) is 108 Å². The Labute approximate surface area is 338 Å². The van der Waals surface area contributed by atoms with E-state index in [4.69, 9.17) is 17.3 Å². The number of halogens is 3. The van der Waals surface area contributed by atoms with E-state index in [-0.39, 0.29) is 36.4 Å². The molecule has 5 aromatic rings. The quantitative estimate of drug-likeness (QED) is 0.0769. The number of anilines is 4. The summed E-state index contributed by atoms with van der Waals surface area (Å²) in [6.45, 7) is 5.34. The Morgan fingerprint density at radius 3 is 1.72 bits per heavy atom. The molecule has 2 aliphatic rings. The summed E-state index contributed by atoms with van der Waals surface area (Å²) in [6, 6.07) is 37.6. The number of carbonyl (C=O) groups is 3. The number of nitrogens with two attached hydrogens (primary N) is 1. The molecular formula is C45H48ClF2N5O4. The SMILES string of the molecule is Nc1ccc(N2CCCCC2)c(F)c1.O=C(CNc1ccc(N2CCN(CC(=O)c3ccccc3)CC2)c(F)c1)c1ccccc1.O=C(Cl)OCc1ccccc1. The lowest BCUT2D eigenvalue weighted by atomic mass is 10.1. The van der Waals surface area contributed by atoms with Crippen molar-refractivity contribution in [2.45, 2.75) is 25.9 Å². The van der Waals surface area contributed by atoms with Crippen molar-refractivity contribution in [2.75, 3.05) is 73.2 Å². The fourth-order valence-corrected chi connectivity index (χ4v) is 6.53. The number of piperidine rings is 1. The van der Waals surface area contributed by atoms with E-state index < -0.39 is 5.43 Å². The number of hydrogen-bond acceptors (Lipinski definition) is 9. The molecule has 57 heavy (non-hydrogen) atoms. The zero-order valence-electron chi connectivity index (χ0n) is 31.8. The van der Waals surface area contributed by atoms with Crippen LogP contribution < -0.4 is 20.9 Å². The molecule has 0 aromatic heterocycles. The van der Waals surface area contributed by atoms with Gasteiger partial charge in [-0.05, 0) is 61.2 Å². The Morgan fingerprint density at radius 2 is 1.16 bits per heavy atom. The van der Waals surface area contributed by atoms with Crippen molar-refractivity contribution in [1.29, 1.82) is 0 Å². The number of ether oxygens (including phenoxy) is 1. The van der Waals surface area contributed by atoms with Gasteiger partial charge in [0.2, 0.25) is 0 Å². The van der Waals surface area contributed by atoms with Gasteiger partial charge in [-0.25, -0.2) is 13.6 Å². The second kappa shape index (κ2) is 22.1. The third-order valence-corrected chi connectivity index (χ3v) is 9.65. The molecule has 3 N–H and O–H groups in total. The molecule has 0 bridgehead atoms. The highest BCUT2D eigenvalue weighted by atomic mass is 35.5. The molecule has 5 aromatic carbocycles. The molecule has 0 spiro atoms. The Kier molecular flexibility index (Phi) is 16.4. The van der Waals surface area contributed by atoms with Crippen LogP contribution in [-0.2, 0) is 11.3 Å². The minimum Gasteiger partial charge on any atom is -0.449 e. The molecule has 0 radical (unpaired) electrons. The molecular weight excluding hydrogens is 748 g/mol. The summed E-state index contributed by atoms with van der Waals surface area (Å²) < 4.78 is 32.8.